The molecule has 1 aromatic heterocycles. The number of hydrogen-bond donors (Lipinski definition) is 1. The smallest absolute Gasteiger partial charge is 0.491 e. The lowest BCUT2D eigenvalue weighted by Crippen LogP contribution is -2.44. The Morgan fingerprint density at radius 2 is 1.92 bits per heavy atom. The van der Waals surface area contributed by atoms with Gasteiger partial charge in [-0.1, -0.05) is 19.9 Å². The Bertz CT molecular complexity index is 775. The first-order chi connectivity index (χ1) is 11.7. The van der Waals surface area contributed by atoms with E-state index in [4.69, 9.17) is 14.1 Å². The SMILES string of the molecule is COC(=O)c1cc(OC)c2cc(B(O)OC(C)(C)C(C)C)ccc2n1. The maximum atomic E-state index is 11.7. The van der Waals surface area contributed by atoms with E-state index < -0.39 is 18.7 Å². The average Bonchev–Trinajstić information content (AvgIpc) is 2.58. The van der Waals surface area contributed by atoms with Gasteiger partial charge in [-0.2, -0.15) is 0 Å². The van der Waals surface area contributed by atoms with Gasteiger partial charge in [0.15, 0.2) is 5.69 Å². The molecule has 0 spiro atoms. The van der Waals surface area contributed by atoms with Gasteiger partial charge in [0.25, 0.3) is 0 Å². The summed E-state index contributed by atoms with van der Waals surface area (Å²) in [6, 6.07) is 6.71. The van der Waals surface area contributed by atoms with Gasteiger partial charge in [0.1, 0.15) is 5.75 Å². The molecule has 7 heteroatoms. The highest BCUT2D eigenvalue weighted by Crippen LogP contribution is 2.26. The fraction of sp³-hybridized carbons (Fsp3) is 0.444. The number of esters is 1. The number of fused-ring (bicyclic) bond motifs is 1. The van der Waals surface area contributed by atoms with Gasteiger partial charge in [-0.3, -0.25) is 0 Å². The fourth-order valence-corrected chi connectivity index (χ4v) is 2.24. The van der Waals surface area contributed by atoms with Crippen molar-refractivity contribution in [3.05, 3.63) is 30.0 Å². The van der Waals surface area contributed by atoms with Crippen LogP contribution in [0.4, 0.5) is 0 Å². The third-order valence-electron chi connectivity index (χ3n) is 4.50. The van der Waals surface area contributed by atoms with Crippen molar-refractivity contribution >= 4 is 29.5 Å². The molecule has 134 valence electrons. The summed E-state index contributed by atoms with van der Waals surface area (Å²) in [5, 5.41) is 11.1. The molecule has 0 unspecified atom stereocenters. The van der Waals surface area contributed by atoms with Crippen molar-refractivity contribution in [1.29, 1.82) is 0 Å². The monoisotopic (exact) mass is 345 g/mol. The molecular formula is C18H24BNO5. The Hall–Kier alpha value is -2.12. The standard InChI is InChI=1S/C18H24BNO5/c1-11(2)18(3,4)25-19(22)12-7-8-14-13(9-12)16(23-5)10-15(20-14)17(21)24-6/h7-11,22H,1-6H3. The second kappa shape index (κ2) is 7.41. The van der Waals surface area contributed by atoms with Crippen molar-refractivity contribution in [3.63, 3.8) is 0 Å². The molecule has 1 N–H and O–H groups in total. The van der Waals surface area contributed by atoms with Crippen molar-refractivity contribution < 1.29 is 23.9 Å². The number of aromatic nitrogens is 1. The lowest BCUT2D eigenvalue weighted by Gasteiger charge is -2.31. The van der Waals surface area contributed by atoms with E-state index in [2.05, 4.69) is 4.98 Å². The predicted octanol–water partition coefficient (Wildman–Crippen LogP) is 2.17. The molecule has 0 saturated carbocycles. The lowest BCUT2D eigenvalue weighted by atomic mass is 9.76. The molecule has 0 bridgehead atoms. The number of rotatable bonds is 6. The quantitative estimate of drug-likeness (QED) is 0.639. The molecule has 6 nitrogen and oxygen atoms in total. The largest absolute Gasteiger partial charge is 0.496 e. The van der Waals surface area contributed by atoms with Crippen LogP contribution < -0.4 is 10.2 Å². The second-order valence-corrected chi connectivity index (χ2v) is 6.71. The van der Waals surface area contributed by atoms with E-state index in [9.17, 15) is 9.82 Å². The average molecular weight is 345 g/mol. The molecule has 1 aromatic carbocycles. The molecule has 1 heterocycles. The van der Waals surface area contributed by atoms with Crippen molar-refractivity contribution in [3.8, 4) is 5.75 Å². The van der Waals surface area contributed by atoms with Crippen LogP contribution in [0, 0.1) is 5.92 Å². The zero-order valence-electron chi connectivity index (χ0n) is 15.5. The zero-order valence-corrected chi connectivity index (χ0v) is 15.5. The highest BCUT2D eigenvalue weighted by Gasteiger charge is 2.30. The fourth-order valence-electron chi connectivity index (χ4n) is 2.24. The van der Waals surface area contributed by atoms with Crippen molar-refractivity contribution in [1.82, 2.24) is 4.98 Å². The predicted molar refractivity (Wildman–Crippen MR) is 97.2 cm³/mol. The van der Waals surface area contributed by atoms with Gasteiger partial charge in [-0.25, -0.2) is 9.78 Å². The summed E-state index contributed by atoms with van der Waals surface area (Å²) in [6.07, 6.45) is 0. The molecule has 0 atom stereocenters. The van der Waals surface area contributed by atoms with E-state index in [-0.39, 0.29) is 11.6 Å². The van der Waals surface area contributed by atoms with Crippen LogP contribution >= 0.6 is 0 Å². The Balaban J connectivity index is 2.43. The second-order valence-electron chi connectivity index (χ2n) is 6.71. The number of ether oxygens (including phenoxy) is 2. The van der Waals surface area contributed by atoms with Crippen LogP contribution in [0.15, 0.2) is 24.3 Å². The molecule has 2 aromatic rings. The maximum absolute atomic E-state index is 11.7. The molecule has 0 aliphatic carbocycles. The first-order valence-electron chi connectivity index (χ1n) is 8.12. The molecule has 2 rings (SSSR count). The van der Waals surface area contributed by atoms with Crippen LogP contribution in [0.5, 0.6) is 5.75 Å². The van der Waals surface area contributed by atoms with E-state index in [0.717, 1.165) is 0 Å². The van der Waals surface area contributed by atoms with E-state index in [1.54, 1.807) is 18.2 Å². The molecular weight excluding hydrogens is 321 g/mol. The number of methoxy groups -OCH3 is 2. The highest BCUT2D eigenvalue weighted by molar-refractivity contribution is 6.60. The van der Waals surface area contributed by atoms with Crippen LogP contribution in [-0.4, -0.2) is 42.9 Å². The van der Waals surface area contributed by atoms with Crippen LogP contribution in [0.2, 0.25) is 0 Å². The zero-order chi connectivity index (χ0) is 18.8. The van der Waals surface area contributed by atoms with Crippen LogP contribution in [-0.2, 0) is 9.39 Å². The van der Waals surface area contributed by atoms with Crippen LogP contribution in [0.25, 0.3) is 10.9 Å². The van der Waals surface area contributed by atoms with Gasteiger partial charge in [0.05, 0.1) is 25.3 Å². The third kappa shape index (κ3) is 4.11. The van der Waals surface area contributed by atoms with Gasteiger partial charge in [0.2, 0.25) is 0 Å². The van der Waals surface area contributed by atoms with Gasteiger partial charge in [-0.05, 0) is 37.4 Å². The van der Waals surface area contributed by atoms with Gasteiger partial charge >= 0.3 is 13.1 Å². The Kier molecular flexibility index (Phi) is 5.70. The Morgan fingerprint density at radius 3 is 2.48 bits per heavy atom. The number of pyridine rings is 1. The van der Waals surface area contributed by atoms with E-state index in [0.29, 0.717) is 22.1 Å². The Labute approximate surface area is 148 Å². The normalized spacial score (nSPS) is 11.7. The van der Waals surface area contributed by atoms with E-state index in [1.807, 2.05) is 27.7 Å². The summed E-state index contributed by atoms with van der Waals surface area (Å²) in [6.45, 7) is 7.95. The van der Waals surface area contributed by atoms with Crippen LogP contribution in [0.1, 0.15) is 38.2 Å². The lowest BCUT2D eigenvalue weighted by molar-refractivity contribution is 0.0423. The first kappa shape index (κ1) is 19.2. The minimum absolute atomic E-state index is 0.164. The molecule has 0 amide bonds. The number of carbonyl (C=O) groups excluding carboxylic acids is 1. The maximum Gasteiger partial charge on any atom is 0.491 e. The molecule has 25 heavy (non-hydrogen) atoms. The third-order valence-corrected chi connectivity index (χ3v) is 4.50. The number of benzene rings is 1. The summed E-state index contributed by atoms with van der Waals surface area (Å²) in [7, 11) is 1.73. The minimum atomic E-state index is -1.08. The van der Waals surface area contributed by atoms with Gasteiger partial charge < -0.3 is 19.2 Å². The van der Waals surface area contributed by atoms with Crippen molar-refractivity contribution in [2.45, 2.75) is 33.3 Å². The molecule has 0 aliphatic heterocycles. The summed E-state index contributed by atoms with van der Waals surface area (Å²) in [4.78, 5) is 16.0. The summed E-state index contributed by atoms with van der Waals surface area (Å²) < 4.78 is 15.9. The number of nitrogens with zero attached hydrogens (tertiary/aromatic N) is 1. The molecule has 0 aliphatic rings. The summed E-state index contributed by atoms with van der Waals surface area (Å²) in [5.74, 6) is 0.176. The summed E-state index contributed by atoms with van der Waals surface area (Å²) >= 11 is 0. The van der Waals surface area contributed by atoms with E-state index in [1.165, 1.54) is 20.3 Å². The van der Waals surface area contributed by atoms with Gasteiger partial charge in [-0.15, -0.1) is 0 Å². The molecule has 0 radical (unpaired) electrons. The number of hydrogen-bond acceptors (Lipinski definition) is 6. The first-order valence-corrected chi connectivity index (χ1v) is 8.12. The van der Waals surface area contributed by atoms with E-state index >= 15 is 0 Å². The molecule has 0 saturated heterocycles. The minimum Gasteiger partial charge on any atom is -0.496 e. The van der Waals surface area contributed by atoms with Crippen LogP contribution in [0.3, 0.4) is 0 Å². The Morgan fingerprint density at radius 1 is 1.24 bits per heavy atom. The van der Waals surface area contributed by atoms with Crippen molar-refractivity contribution in [2.75, 3.05) is 14.2 Å². The highest BCUT2D eigenvalue weighted by atomic mass is 16.5. The van der Waals surface area contributed by atoms with Crippen molar-refractivity contribution in [2.24, 2.45) is 5.92 Å². The summed E-state index contributed by atoms with van der Waals surface area (Å²) in [5.41, 5.74) is 0.842. The topological polar surface area (TPSA) is 77.9 Å². The molecule has 0 fully saturated rings. The van der Waals surface area contributed by atoms with Gasteiger partial charge in [0, 0.05) is 11.5 Å². The number of carbonyl (C=O) groups is 1.